The van der Waals surface area contributed by atoms with Crippen LogP contribution in [-0.4, -0.2) is 12.2 Å². The third-order valence-corrected chi connectivity index (χ3v) is 3.31. The molecule has 0 aliphatic heterocycles. The van der Waals surface area contributed by atoms with Gasteiger partial charge in [0.1, 0.15) is 23.2 Å². The molecule has 0 bridgehead atoms. The van der Waals surface area contributed by atoms with E-state index in [-0.39, 0.29) is 5.92 Å². The van der Waals surface area contributed by atoms with Crippen LogP contribution in [0.5, 0.6) is 5.75 Å². The minimum atomic E-state index is -0.583. The summed E-state index contributed by atoms with van der Waals surface area (Å²) >= 11 is 3.43. The lowest BCUT2D eigenvalue weighted by Gasteiger charge is -2.10. The van der Waals surface area contributed by atoms with Gasteiger partial charge in [0.15, 0.2) is 0 Å². The second kappa shape index (κ2) is 4.70. The average Bonchev–Trinajstić information content (AvgIpc) is 2.71. The highest BCUT2D eigenvalue weighted by molar-refractivity contribution is 9.10. The SMILES string of the molecule is COc1cc(Br)c2oc(C(O)C(C)C)cc2c1. The summed E-state index contributed by atoms with van der Waals surface area (Å²) in [5.41, 5.74) is 0.737. The van der Waals surface area contributed by atoms with E-state index in [0.717, 1.165) is 21.2 Å². The number of furan rings is 1. The van der Waals surface area contributed by atoms with Gasteiger partial charge in [0.2, 0.25) is 0 Å². The third kappa shape index (κ3) is 2.33. The summed E-state index contributed by atoms with van der Waals surface area (Å²) in [6.07, 6.45) is -0.583. The van der Waals surface area contributed by atoms with Crippen LogP contribution in [0.15, 0.2) is 27.1 Å². The molecule has 17 heavy (non-hydrogen) atoms. The number of hydrogen-bond acceptors (Lipinski definition) is 3. The van der Waals surface area contributed by atoms with Gasteiger partial charge in [-0.15, -0.1) is 0 Å². The van der Waals surface area contributed by atoms with Crippen LogP contribution in [-0.2, 0) is 0 Å². The van der Waals surface area contributed by atoms with Crippen LogP contribution in [0.2, 0.25) is 0 Å². The van der Waals surface area contributed by atoms with Gasteiger partial charge in [0, 0.05) is 5.39 Å². The number of fused-ring (bicyclic) bond motifs is 1. The van der Waals surface area contributed by atoms with Crippen LogP contribution >= 0.6 is 15.9 Å². The van der Waals surface area contributed by atoms with Crippen molar-refractivity contribution in [2.75, 3.05) is 7.11 Å². The second-order valence-electron chi connectivity index (χ2n) is 4.37. The topological polar surface area (TPSA) is 42.6 Å². The molecule has 92 valence electrons. The zero-order chi connectivity index (χ0) is 12.6. The predicted octanol–water partition coefficient (Wildman–Crippen LogP) is 3.89. The van der Waals surface area contributed by atoms with Gasteiger partial charge in [-0.1, -0.05) is 13.8 Å². The molecule has 1 N–H and O–H groups in total. The molecule has 0 amide bonds. The lowest BCUT2D eigenvalue weighted by Crippen LogP contribution is -2.03. The van der Waals surface area contributed by atoms with Crippen LogP contribution in [0.3, 0.4) is 0 Å². The number of rotatable bonds is 3. The summed E-state index contributed by atoms with van der Waals surface area (Å²) in [6, 6.07) is 5.59. The average molecular weight is 299 g/mol. The van der Waals surface area contributed by atoms with Gasteiger partial charge in [0.25, 0.3) is 0 Å². The Bertz CT molecular complexity index is 531. The molecule has 1 atom stereocenters. The first kappa shape index (κ1) is 12.5. The van der Waals surface area contributed by atoms with E-state index in [1.54, 1.807) is 7.11 Å². The van der Waals surface area contributed by atoms with E-state index in [1.807, 2.05) is 32.0 Å². The number of hydrogen-bond donors (Lipinski definition) is 1. The van der Waals surface area contributed by atoms with Gasteiger partial charge >= 0.3 is 0 Å². The minimum absolute atomic E-state index is 0.122. The van der Waals surface area contributed by atoms with Gasteiger partial charge in [-0.3, -0.25) is 0 Å². The van der Waals surface area contributed by atoms with Gasteiger partial charge < -0.3 is 14.3 Å². The van der Waals surface area contributed by atoms with E-state index in [0.29, 0.717) is 5.76 Å². The Kier molecular flexibility index (Phi) is 3.45. The summed E-state index contributed by atoms with van der Waals surface area (Å²) in [5.74, 6) is 1.47. The lowest BCUT2D eigenvalue weighted by atomic mass is 10.1. The Hall–Kier alpha value is -1.00. The molecule has 1 aromatic heterocycles. The Morgan fingerprint density at radius 1 is 1.29 bits per heavy atom. The monoisotopic (exact) mass is 298 g/mol. The molecule has 0 saturated heterocycles. The molecule has 0 saturated carbocycles. The molecule has 1 aromatic carbocycles. The number of ether oxygens (including phenoxy) is 1. The number of benzene rings is 1. The summed E-state index contributed by atoms with van der Waals surface area (Å²) in [7, 11) is 1.62. The number of aliphatic hydroxyl groups is 1. The summed E-state index contributed by atoms with van der Waals surface area (Å²) < 4.78 is 11.7. The predicted molar refractivity (Wildman–Crippen MR) is 70.3 cm³/mol. The molecule has 4 heteroatoms. The fraction of sp³-hybridized carbons (Fsp3) is 0.385. The summed E-state index contributed by atoms with van der Waals surface area (Å²) in [5, 5.41) is 10.9. The van der Waals surface area contributed by atoms with Gasteiger partial charge in [-0.25, -0.2) is 0 Å². The van der Waals surface area contributed by atoms with Crippen molar-refractivity contribution >= 4 is 26.9 Å². The van der Waals surface area contributed by atoms with Crippen molar-refractivity contribution in [2.24, 2.45) is 5.92 Å². The van der Waals surface area contributed by atoms with Crippen molar-refractivity contribution in [1.29, 1.82) is 0 Å². The van der Waals surface area contributed by atoms with Crippen molar-refractivity contribution in [3.63, 3.8) is 0 Å². The van der Waals surface area contributed by atoms with Crippen LogP contribution in [0, 0.1) is 5.92 Å². The summed E-state index contributed by atoms with van der Waals surface area (Å²) in [6.45, 7) is 3.90. The van der Waals surface area contributed by atoms with Crippen LogP contribution in [0.1, 0.15) is 25.7 Å². The van der Waals surface area contributed by atoms with E-state index in [2.05, 4.69) is 15.9 Å². The molecular weight excluding hydrogens is 284 g/mol. The first-order chi connectivity index (χ1) is 8.02. The van der Waals surface area contributed by atoms with E-state index < -0.39 is 6.10 Å². The standard InChI is InChI=1S/C13H15BrO3/c1-7(2)12(15)11-5-8-4-9(16-3)6-10(14)13(8)17-11/h4-7,12,15H,1-3H3. The van der Waals surface area contributed by atoms with E-state index >= 15 is 0 Å². The highest BCUT2D eigenvalue weighted by Crippen LogP contribution is 2.35. The molecule has 0 aliphatic carbocycles. The number of halogens is 1. The van der Waals surface area contributed by atoms with E-state index in [4.69, 9.17) is 9.15 Å². The number of methoxy groups -OCH3 is 1. The molecular formula is C13H15BrO3. The third-order valence-electron chi connectivity index (χ3n) is 2.72. The van der Waals surface area contributed by atoms with Crippen molar-refractivity contribution in [3.05, 3.63) is 28.4 Å². The Morgan fingerprint density at radius 3 is 2.59 bits per heavy atom. The quantitative estimate of drug-likeness (QED) is 0.935. The molecule has 0 spiro atoms. The maximum absolute atomic E-state index is 9.98. The first-order valence-electron chi connectivity index (χ1n) is 5.48. The van der Waals surface area contributed by atoms with Crippen molar-refractivity contribution in [3.8, 4) is 5.75 Å². The van der Waals surface area contributed by atoms with Gasteiger partial charge in [-0.2, -0.15) is 0 Å². The molecule has 2 aromatic rings. The van der Waals surface area contributed by atoms with E-state index in [1.165, 1.54) is 0 Å². The maximum atomic E-state index is 9.98. The highest BCUT2D eigenvalue weighted by atomic mass is 79.9. The Labute approximate surface area is 109 Å². The Morgan fingerprint density at radius 2 is 2.00 bits per heavy atom. The van der Waals surface area contributed by atoms with Crippen LogP contribution in [0.4, 0.5) is 0 Å². The molecule has 0 aliphatic rings. The zero-order valence-corrected chi connectivity index (χ0v) is 11.6. The maximum Gasteiger partial charge on any atom is 0.148 e. The molecule has 1 unspecified atom stereocenters. The molecule has 2 rings (SSSR count). The van der Waals surface area contributed by atoms with Crippen molar-refractivity contribution in [1.82, 2.24) is 0 Å². The smallest absolute Gasteiger partial charge is 0.148 e. The molecule has 0 radical (unpaired) electrons. The second-order valence-corrected chi connectivity index (χ2v) is 5.22. The first-order valence-corrected chi connectivity index (χ1v) is 6.27. The fourth-order valence-electron chi connectivity index (χ4n) is 1.70. The van der Waals surface area contributed by atoms with Crippen LogP contribution in [0.25, 0.3) is 11.0 Å². The largest absolute Gasteiger partial charge is 0.497 e. The van der Waals surface area contributed by atoms with Crippen LogP contribution < -0.4 is 4.74 Å². The number of aliphatic hydroxyl groups excluding tert-OH is 1. The molecule has 0 fully saturated rings. The van der Waals surface area contributed by atoms with Crippen molar-refractivity contribution < 1.29 is 14.3 Å². The molecule has 3 nitrogen and oxygen atoms in total. The zero-order valence-electron chi connectivity index (χ0n) is 10.0. The van der Waals surface area contributed by atoms with E-state index in [9.17, 15) is 5.11 Å². The molecule has 1 heterocycles. The van der Waals surface area contributed by atoms with Gasteiger partial charge in [-0.05, 0) is 40.0 Å². The fourth-order valence-corrected chi connectivity index (χ4v) is 2.23. The van der Waals surface area contributed by atoms with Gasteiger partial charge in [0.05, 0.1) is 11.6 Å². The Balaban J connectivity index is 2.53. The van der Waals surface area contributed by atoms with Crippen molar-refractivity contribution in [2.45, 2.75) is 20.0 Å². The summed E-state index contributed by atoms with van der Waals surface area (Å²) in [4.78, 5) is 0. The minimum Gasteiger partial charge on any atom is -0.497 e. The lowest BCUT2D eigenvalue weighted by molar-refractivity contribution is 0.104. The normalized spacial score (nSPS) is 13.3. The highest BCUT2D eigenvalue weighted by Gasteiger charge is 2.18.